The molecule has 134 valence electrons. The summed E-state index contributed by atoms with van der Waals surface area (Å²) in [4.78, 5) is 27.8. The predicted molar refractivity (Wildman–Crippen MR) is 97.3 cm³/mol. The van der Waals surface area contributed by atoms with Gasteiger partial charge in [-0.2, -0.15) is 0 Å². The first kappa shape index (κ1) is 18.9. The SMILES string of the molecule is CCOc1ccc(-c2nc(C)c(C(=O)NCCCCC(=O)O)s2)cc1. The van der Waals surface area contributed by atoms with Gasteiger partial charge in [0.15, 0.2) is 0 Å². The molecule has 0 radical (unpaired) electrons. The van der Waals surface area contributed by atoms with Crippen LogP contribution in [0.5, 0.6) is 5.75 Å². The van der Waals surface area contributed by atoms with Gasteiger partial charge in [-0.25, -0.2) is 4.98 Å². The number of amides is 1. The zero-order valence-electron chi connectivity index (χ0n) is 14.4. The molecule has 6 nitrogen and oxygen atoms in total. The van der Waals surface area contributed by atoms with Gasteiger partial charge in [0.05, 0.1) is 12.3 Å². The second-order valence-corrected chi connectivity index (χ2v) is 6.50. The maximum absolute atomic E-state index is 12.3. The Kier molecular flexibility index (Phi) is 6.94. The molecule has 1 aromatic heterocycles. The maximum Gasteiger partial charge on any atom is 0.303 e. The fraction of sp³-hybridized carbons (Fsp3) is 0.389. The number of nitrogens with zero attached hydrogens (tertiary/aromatic N) is 1. The fourth-order valence-electron chi connectivity index (χ4n) is 2.27. The van der Waals surface area contributed by atoms with Gasteiger partial charge in [0.2, 0.25) is 0 Å². The lowest BCUT2D eigenvalue weighted by molar-refractivity contribution is -0.137. The number of thiazole rings is 1. The highest BCUT2D eigenvalue weighted by Crippen LogP contribution is 2.29. The Morgan fingerprint density at radius 1 is 1.24 bits per heavy atom. The summed E-state index contributed by atoms with van der Waals surface area (Å²) in [5, 5.41) is 12.2. The van der Waals surface area contributed by atoms with Gasteiger partial charge >= 0.3 is 5.97 Å². The van der Waals surface area contributed by atoms with Crippen LogP contribution in [-0.2, 0) is 4.79 Å². The molecule has 25 heavy (non-hydrogen) atoms. The van der Waals surface area contributed by atoms with Crippen LogP contribution in [0.1, 0.15) is 41.6 Å². The first-order chi connectivity index (χ1) is 12.0. The first-order valence-corrected chi connectivity index (χ1v) is 9.03. The number of carboxylic acid groups (broad SMARTS) is 1. The lowest BCUT2D eigenvalue weighted by Crippen LogP contribution is -2.24. The lowest BCUT2D eigenvalue weighted by atomic mass is 10.2. The molecular formula is C18H22N2O4S. The van der Waals surface area contributed by atoms with Crippen LogP contribution in [0.15, 0.2) is 24.3 Å². The van der Waals surface area contributed by atoms with Gasteiger partial charge in [-0.1, -0.05) is 0 Å². The molecule has 2 N–H and O–H groups in total. The number of hydrogen-bond acceptors (Lipinski definition) is 5. The van der Waals surface area contributed by atoms with E-state index in [1.807, 2.05) is 38.1 Å². The van der Waals surface area contributed by atoms with Gasteiger partial charge < -0.3 is 15.2 Å². The van der Waals surface area contributed by atoms with Crippen molar-refractivity contribution in [1.82, 2.24) is 10.3 Å². The molecule has 0 bridgehead atoms. The summed E-state index contributed by atoms with van der Waals surface area (Å²) >= 11 is 1.35. The molecule has 0 saturated carbocycles. The van der Waals surface area contributed by atoms with Crippen LogP contribution >= 0.6 is 11.3 Å². The van der Waals surface area contributed by atoms with Crippen molar-refractivity contribution < 1.29 is 19.4 Å². The van der Waals surface area contributed by atoms with Crippen LogP contribution in [0.3, 0.4) is 0 Å². The van der Waals surface area contributed by atoms with E-state index >= 15 is 0 Å². The summed E-state index contributed by atoms with van der Waals surface area (Å²) in [6.45, 7) is 4.83. The van der Waals surface area contributed by atoms with E-state index in [0.717, 1.165) is 16.3 Å². The fourth-order valence-corrected chi connectivity index (χ4v) is 3.26. The van der Waals surface area contributed by atoms with Crippen molar-refractivity contribution in [3.63, 3.8) is 0 Å². The normalized spacial score (nSPS) is 10.5. The number of carbonyl (C=O) groups excluding carboxylic acids is 1. The second kappa shape index (κ2) is 9.17. The zero-order valence-corrected chi connectivity index (χ0v) is 15.2. The molecule has 7 heteroatoms. The van der Waals surface area contributed by atoms with Crippen LogP contribution in [0.2, 0.25) is 0 Å². The quantitative estimate of drug-likeness (QED) is 0.667. The van der Waals surface area contributed by atoms with E-state index in [0.29, 0.717) is 36.6 Å². The standard InChI is InChI=1S/C18H22N2O4S/c1-3-24-14-9-7-13(8-10-14)18-20-12(2)16(25-18)17(23)19-11-5-4-6-15(21)22/h7-10H,3-6,11H2,1-2H3,(H,19,23)(H,21,22). The van der Waals surface area contributed by atoms with Gasteiger partial charge in [0.1, 0.15) is 15.6 Å². The van der Waals surface area contributed by atoms with Gasteiger partial charge in [-0.05, 0) is 51.0 Å². The molecule has 0 aliphatic rings. The first-order valence-electron chi connectivity index (χ1n) is 8.22. The summed E-state index contributed by atoms with van der Waals surface area (Å²) in [6, 6.07) is 7.63. The van der Waals surface area contributed by atoms with Crippen molar-refractivity contribution in [3.8, 4) is 16.3 Å². The summed E-state index contributed by atoms with van der Waals surface area (Å²) in [7, 11) is 0. The molecule has 1 heterocycles. The number of aliphatic carboxylic acids is 1. The molecule has 0 fully saturated rings. The number of ether oxygens (including phenoxy) is 1. The Balaban J connectivity index is 1.96. The van der Waals surface area contributed by atoms with E-state index in [9.17, 15) is 9.59 Å². The van der Waals surface area contributed by atoms with Gasteiger partial charge in [-0.15, -0.1) is 11.3 Å². The number of rotatable bonds is 9. The van der Waals surface area contributed by atoms with E-state index in [1.165, 1.54) is 11.3 Å². The topological polar surface area (TPSA) is 88.5 Å². The number of nitrogens with one attached hydrogen (secondary N) is 1. The smallest absolute Gasteiger partial charge is 0.303 e. The molecule has 0 atom stereocenters. The Hall–Kier alpha value is -2.41. The Labute approximate surface area is 150 Å². The van der Waals surface area contributed by atoms with Crippen molar-refractivity contribution >= 4 is 23.2 Å². The largest absolute Gasteiger partial charge is 0.494 e. The summed E-state index contributed by atoms with van der Waals surface area (Å²) in [5.74, 6) is -0.175. The summed E-state index contributed by atoms with van der Waals surface area (Å²) in [5.41, 5.74) is 1.63. The minimum absolute atomic E-state index is 0.122. The predicted octanol–water partition coefficient (Wildman–Crippen LogP) is 3.50. The minimum Gasteiger partial charge on any atom is -0.494 e. The number of carboxylic acids is 1. The molecule has 1 amide bonds. The highest BCUT2D eigenvalue weighted by molar-refractivity contribution is 7.17. The third-order valence-electron chi connectivity index (χ3n) is 3.52. The monoisotopic (exact) mass is 362 g/mol. The van der Waals surface area contributed by atoms with Crippen molar-refractivity contribution in [2.24, 2.45) is 0 Å². The molecule has 1 aromatic carbocycles. The lowest BCUT2D eigenvalue weighted by Gasteiger charge is -2.03. The molecular weight excluding hydrogens is 340 g/mol. The Morgan fingerprint density at radius 3 is 2.60 bits per heavy atom. The number of aromatic nitrogens is 1. The van der Waals surface area contributed by atoms with E-state index in [1.54, 1.807) is 0 Å². The van der Waals surface area contributed by atoms with Crippen LogP contribution in [0, 0.1) is 6.92 Å². The van der Waals surface area contributed by atoms with Gasteiger partial charge in [0.25, 0.3) is 5.91 Å². The molecule has 0 spiro atoms. The minimum atomic E-state index is -0.815. The number of hydrogen-bond donors (Lipinski definition) is 2. The Morgan fingerprint density at radius 2 is 1.96 bits per heavy atom. The molecule has 0 saturated heterocycles. The molecule has 2 aromatic rings. The molecule has 0 aliphatic heterocycles. The average molecular weight is 362 g/mol. The van der Waals surface area contributed by atoms with Crippen molar-refractivity contribution in [3.05, 3.63) is 34.8 Å². The van der Waals surface area contributed by atoms with Crippen LogP contribution < -0.4 is 10.1 Å². The van der Waals surface area contributed by atoms with Crippen LogP contribution in [0.25, 0.3) is 10.6 Å². The second-order valence-electron chi connectivity index (χ2n) is 5.50. The van der Waals surface area contributed by atoms with E-state index in [-0.39, 0.29) is 12.3 Å². The highest BCUT2D eigenvalue weighted by Gasteiger charge is 2.16. The molecule has 0 unspecified atom stereocenters. The van der Waals surface area contributed by atoms with Crippen molar-refractivity contribution in [2.75, 3.05) is 13.2 Å². The number of benzene rings is 1. The highest BCUT2D eigenvalue weighted by atomic mass is 32.1. The Bertz CT molecular complexity index is 725. The third-order valence-corrected chi connectivity index (χ3v) is 4.72. The number of unbranched alkanes of at least 4 members (excludes halogenated alkanes) is 1. The van der Waals surface area contributed by atoms with E-state index in [2.05, 4.69) is 10.3 Å². The third kappa shape index (κ3) is 5.56. The van der Waals surface area contributed by atoms with Crippen molar-refractivity contribution in [1.29, 1.82) is 0 Å². The number of aryl methyl sites for hydroxylation is 1. The van der Waals surface area contributed by atoms with Gasteiger partial charge in [-0.3, -0.25) is 9.59 Å². The molecule has 2 rings (SSSR count). The average Bonchev–Trinajstić information content (AvgIpc) is 2.97. The molecule has 0 aliphatic carbocycles. The van der Waals surface area contributed by atoms with E-state index in [4.69, 9.17) is 9.84 Å². The van der Waals surface area contributed by atoms with Crippen LogP contribution in [-0.4, -0.2) is 35.1 Å². The summed E-state index contributed by atoms with van der Waals surface area (Å²) in [6.07, 6.45) is 1.31. The van der Waals surface area contributed by atoms with Crippen molar-refractivity contribution in [2.45, 2.75) is 33.1 Å². The maximum atomic E-state index is 12.3. The van der Waals surface area contributed by atoms with Gasteiger partial charge in [0, 0.05) is 18.5 Å². The zero-order chi connectivity index (χ0) is 18.2. The van der Waals surface area contributed by atoms with E-state index < -0.39 is 5.97 Å². The summed E-state index contributed by atoms with van der Waals surface area (Å²) < 4.78 is 5.42. The van der Waals surface area contributed by atoms with Crippen LogP contribution in [0.4, 0.5) is 0 Å². The number of carbonyl (C=O) groups is 2.